The number of hydrogen-bond donors (Lipinski definition) is 2. The van der Waals surface area contributed by atoms with Crippen molar-refractivity contribution in [2.24, 2.45) is 5.41 Å². The highest BCUT2D eigenvalue weighted by Crippen LogP contribution is 2.21. The van der Waals surface area contributed by atoms with Crippen molar-refractivity contribution in [3.63, 3.8) is 0 Å². The van der Waals surface area contributed by atoms with Crippen molar-refractivity contribution in [2.75, 3.05) is 5.32 Å². The summed E-state index contributed by atoms with van der Waals surface area (Å²) in [5.74, 6) is -0.408. The minimum atomic E-state index is -1.01. The third kappa shape index (κ3) is 3.22. The van der Waals surface area contributed by atoms with E-state index in [4.69, 9.17) is 5.11 Å². The number of carbonyl (C=O) groups is 1. The fourth-order valence-electron chi connectivity index (χ4n) is 1.07. The number of nitrogens with zero attached hydrogens (tertiary/aromatic N) is 1. The molecule has 1 unspecified atom stereocenters. The molecule has 0 amide bonds. The summed E-state index contributed by atoms with van der Waals surface area (Å²) in [6.07, 6.45) is 0. The Balaban J connectivity index is 2.82. The highest BCUT2D eigenvalue weighted by atomic mass is 16.4. The van der Waals surface area contributed by atoms with Gasteiger partial charge >= 0.3 is 5.97 Å². The Morgan fingerprint density at radius 1 is 1.44 bits per heavy atom. The maximum Gasteiger partial charge on any atom is 0.354 e. The third-order valence-electron chi connectivity index (χ3n) is 2.63. The molecule has 1 rings (SSSR count). The Labute approximate surface area is 95.7 Å². The largest absolute Gasteiger partial charge is 0.477 e. The SMILES string of the molecule is CC(Nc1cccc(C(=O)O)n1)C(C)(C)C. The summed E-state index contributed by atoms with van der Waals surface area (Å²) in [5.41, 5.74) is 0.159. The van der Waals surface area contributed by atoms with Gasteiger partial charge in [0, 0.05) is 6.04 Å². The van der Waals surface area contributed by atoms with Crippen LogP contribution in [0.3, 0.4) is 0 Å². The lowest BCUT2D eigenvalue weighted by Crippen LogP contribution is -2.31. The minimum absolute atomic E-state index is 0.0612. The van der Waals surface area contributed by atoms with E-state index >= 15 is 0 Å². The molecule has 88 valence electrons. The van der Waals surface area contributed by atoms with Crippen molar-refractivity contribution in [1.82, 2.24) is 4.98 Å². The number of aromatic carboxylic acids is 1. The second kappa shape index (κ2) is 4.51. The molecule has 1 heterocycles. The first kappa shape index (κ1) is 12.5. The van der Waals surface area contributed by atoms with Crippen LogP contribution in [0, 0.1) is 5.41 Å². The Morgan fingerprint density at radius 3 is 2.56 bits per heavy atom. The average Bonchev–Trinajstić information content (AvgIpc) is 2.16. The Bertz CT molecular complexity index is 383. The van der Waals surface area contributed by atoms with Gasteiger partial charge in [0.2, 0.25) is 0 Å². The fourth-order valence-corrected chi connectivity index (χ4v) is 1.07. The van der Waals surface area contributed by atoms with Crippen LogP contribution in [0.25, 0.3) is 0 Å². The van der Waals surface area contributed by atoms with Gasteiger partial charge in [-0.2, -0.15) is 0 Å². The van der Waals surface area contributed by atoms with Crippen LogP contribution in [0.1, 0.15) is 38.2 Å². The summed E-state index contributed by atoms with van der Waals surface area (Å²) in [6.45, 7) is 8.40. The second-order valence-corrected chi connectivity index (χ2v) is 4.95. The summed E-state index contributed by atoms with van der Waals surface area (Å²) in [6, 6.07) is 5.15. The van der Waals surface area contributed by atoms with Crippen LogP contribution in [0.15, 0.2) is 18.2 Å². The summed E-state index contributed by atoms with van der Waals surface area (Å²) >= 11 is 0. The molecule has 4 nitrogen and oxygen atoms in total. The Hall–Kier alpha value is -1.58. The lowest BCUT2D eigenvalue weighted by molar-refractivity contribution is 0.0690. The third-order valence-corrected chi connectivity index (χ3v) is 2.63. The summed E-state index contributed by atoms with van der Waals surface area (Å²) in [7, 11) is 0. The van der Waals surface area contributed by atoms with Crippen LogP contribution in [0.2, 0.25) is 0 Å². The maximum atomic E-state index is 10.7. The quantitative estimate of drug-likeness (QED) is 0.825. The zero-order valence-electron chi connectivity index (χ0n) is 10.1. The Morgan fingerprint density at radius 2 is 2.06 bits per heavy atom. The molecule has 0 spiro atoms. The molecule has 4 heteroatoms. The van der Waals surface area contributed by atoms with Crippen LogP contribution < -0.4 is 5.32 Å². The molecule has 1 atom stereocenters. The molecular formula is C12H18N2O2. The van der Waals surface area contributed by atoms with Crippen molar-refractivity contribution in [2.45, 2.75) is 33.7 Å². The molecule has 0 saturated heterocycles. The number of rotatable bonds is 3. The van der Waals surface area contributed by atoms with Crippen molar-refractivity contribution in [3.05, 3.63) is 23.9 Å². The predicted molar refractivity (Wildman–Crippen MR) is 63.7 cm³/mol. The number of aromatic nitrogens is 1. The van der Waals surface area contributed by atoms with Gasteiger partial charge in [-0.1, -0.05) is 26.8 Å². The van der Waals surface area contributed by atoms with Crippen LogP contribution in [0.5, 0.6) is 0 Å². The van der Waals surface area contributed by atoms with Gasteiger partial charge in [-0.3, -0.25) is 0 Å². The van der Waals surface area contributed by atoms with Gasteiger partial charge in [-0.15, -0.1) is 0 Å². The first-order valence-corrected chi connectivity index (χ1v) is 5.27. The van der Waals surface area contributed by atoms with Gasteiger partial charge in [-0.25, -0.2) is 9.78 Å². The number of hydrogen-bond acceptors (Lipinski definition) is 3. The van der Waals surface area contributed by atoms with Crippen LogP contribution >= 0.6 is 0 Å². The van der Waals surface area contributed by atoms with Gasteiger partial charge in [0.05, 0.1) is 0 Å². The molecular weight excluding hydrogens is 204 g/mol. The van der Waals surface area contributed by atoms with Gasteiger partial charge < -0.3 is 10.4 Å². The van der Waals surface area contributed by atoms with E-state index in [0.717, 1.165) is 0 Å². The summed E-state index contributed by atoms with van der Waals surface area (Å²) in [5, 5.41) is 12.0. The number of nitrogens with one attached hydrogen (secondary N) is 1. The van der Waals surface area contributed by atoms with E-state index in [2.05, 4.69) is 38.0 Å². The van der Waals surface area contributed by atoms with E-state index < -0.39 is 5.97 Å². The van der Waals surface area contributed by atoms with Crippen LogP contribution in [0.4, 0.5) is 5.82 Å². The van der Waals surface area contributed by atoms with Gasteiger partial charge in [0.15, 0.2) is 5.69 Å². The van der Waals surface area contributed by atoms with E-state index in [-0.39, 0.29) is 17.2 Å². The molecule has 0 bridgehead atoms. The van der Waals surface area contributed by atoms with Crippen molar-refractivity contribution < 1.29 is 9.90 Å². The highest BCUT2D eigenvalue weighted by molar-refractivity contribution is 5.85. The molecule has 0 saturated carbocycles. The van der Waals surface area contributed by atoms with Crippen molar-refractivity contribution >= 4 is 11.8 Å². The highest BCUT2D eigenvalue weighted by Gasteiger charge is 2.20. The number of carboxylic acids is 1. The lowest BCUT2D eigenvalue weighted by atomic mass is 9.88. The second-order valence-electron chi connectivity index (χ2n) is 4.95. The zero-order chi connectivity index (χ0) is 12.3. The molecule has 2 N–H and O–H groups in total. The van der Waals surface area contributed by atoms with E-state index in [1.165, 1.54) is 6.07 Å². The molecule has 0 aromatic carbocycles. The number of carboxylic acid groups (broad SMARTS) is 1. The average molecular weight is 222 g/mol. The van der Waals surface area contributed by atoms with Gasteiger partial charge in [0.25, 0.3) is 0 Å². The van der Waals surface area contributed by atoms with E-state index in [1.54, 1.807) is 12.1 Å². The summed E-state index contributed by atoms with van der Waals surface area (Å²) in [4.78, 5) is 14.8. The monoisotopic (exact) mass is 222 g/mol. The molecule has 1 aromatic rings. The predicted octanol–water partition coefficient (Wildman–Crippen LogP) is 2.63. The van der Waals surface area contributed by atoms with Crippen molar-refractivity contribution in [3.8, 4) is 0 Å². The normalized spacial score (nSPS) is 13.2. The van der Waals surface area contributed by atoms with Crippen molar-refractivity contribution in [1.29, 1.82) is 0 Å². The Kier molecular flexibility index (Phi) is 3.52. The molecule has 16 heavy (non-hydrogen) atoms. The zero-order valence-corrected chi connectivity index (χ0v) is 10.1. The molecule has 1 aromatic heterocycles. The number of anilines is 1. The van der Waals surface area contributed by atoms with E-state index in [9.17, 15) is 4.79 Å². The molecule has 0 fully saturated rings. The standard InChI is InChI=1S/C12H18N2O2/c1-8(12(2,3)4)13-10-7-5-6-9(14-10)11(15)16/h5-8H,1-4H3,(H,13,14)(H,15,16). The first-order chi connectivity index (χ1) is 7.30. The van der Waals surface area contributed by atoms with E-state index in [1.807, 2.05) is 0 Å². The van der Waals surface area contributed by atoms with Crippen LogP contribution in [-0.2, 0) is 0 Å². The van der Waals surface area contributed by atoms with Crippen LogP contribution in [-0.4, -0.2) is 22.1 Å². The minimum Gasteiger partial charge on any atom is -0.477 e. The maximum absolute atomic E-state index is 10.7. The van der Waals surface area contributed by atoms with E-state index in [0.29, 0.717) is 5.82 Å². The summed E-state index contributed by atoms with van der Waals surface area (Å²) < 4.78 is 0. The van der Waals surface area contributed by atoms with Gasteiger partial charge in [-0.05, 0) is 24.5 Å². The molecule has 0 aliphatic rings. The molecule has 0 aliphatic carbocycles. The topological polar surface area (TPSA) is 62.2 Å². The molecule has 0 aliphatic heterocycles. The fraction of sp³-hybridized carbons (Fsp3) is 0.500. The first-order valence-electron chi connectivity index (χ1n) is 5.27. The lowest BCUT2D eigenvalue weighted by Gasteiger charge is -2.28. The smallest absolute Gasteiger partial charge is 0.354 e. The van der Waals surface area contributed by atoms with Gasteiger partial charge in [0.1, 0.15) is 5.82 Å². The number of pyridine rings is 1. The molecule has 0 radical (unpaired) electrons.